The van der Waals surface area contributed by atoms with Gasteiger partial charge in [-0.05, 0) is 30.3 Å². The molecule has 7 nitrogen and oxygen atoms in total. The van der Waals surface area contributed by atoms with E-state index in [0.717, 1.165) is 36.4 Å². The second-order valence-electron chi connectivity index (χ2n) is 6.64. The van der Waals surface area contributed by atoms with Crippen LogP contribution in [0.4, 0.5) is 33.3 Å². The molecule has 0 atom stereocenters. The Balaban J connectivity index is 1.58. The van der Waals surface area contributed by atoms with Gasteiger partial charge in [0.05, 0.1) is 28.7 Å². The van der Waals surface area contributed by atoms with Gasteiger partial charge in [-0.3, -0.25) is 14.7 Å². The number of amides is 2. The molecule has 12 heteroatoms. The van der Waals surface area contributed by atoms with Crippen molar-refractivity contribution < 1.29 is 31.5 Å². The van der Waals surface area contributed by atoms with Crippen molar-refractivity contribution in [3.63, 3.8) is 0 Å². The highest BCUT2D eigenvalue weighted by molar-refractivity contribution is 6.44. The van der Waals surface area contributed by atoms with Crippen LogP contribution in [0.3, 0.4) is 0 Å². The number of carbonyl (C=O) groups excluding carboxylic acids is 2. The third-order valence-corrected chi connectivity index (χ3v) is 4.53. The molecule has 32 heavy (non-hydrogen) atoms. The van der Waals surface area contributed by atoms with E-state index in [2.05, 4.69) is 20.8 Å². The topological polar surface area (TPSA) is 91.8 Å². The predicted molar refractivity (Wildman–Crippen MR) is 104 cm³/mol. The van der Waals surface area contributed by atoms with Crippen molar-refractivity contribution in [3.8, 4) is 5.69 Å². The van der Waals surface area contributed by atoms with E-state index in [-0.39, 0.29) is 22.3 Å². The first kappa shape index (κ1) is 21.0. The van der Waals surface area contributed by atoms with Crippen LogP contribution < -0.4 is 10.6 Å². The zero-order valence-corrected chi connectivity index (χ0v) is 15.8. The molecule has 0 spiro atoms. The molecule has 2 heterocycles. The highest BCUT2D eigenvalue weighted by atomic mass is 19.4. The van der Waals surface area contributed by atoms with Crippen molar-refractivity contribution in [2.45, 2.75) is 6.18 Å². The third kappa shape index (κ3) is 4.02. The van der Waals surface area contributed by atoms with Crippen molar-refractivity contribution in [3.05, 3.63) is 72.2 Å². The van der Waals surface area contributed by atoms with Crippen LogP contribution in [0.15, 0.2) is 55.0 Å². The molecular formula is C20H12F5N5O2. The molecule has 0 aliphatic rings. The Morgan fingerprint density at radius 1 is 0.969 bits per heavy atom. The van der Waals surface area contributed by atoms with Gasteiger partial charge in [-0.25, -0.2) is 8.78 Å². The first-order valence-electron chi connectivity index (χ1n) is 8.92. The summed E-state index contributed by atoms with van der Waals surface area (Å²) in [4.78, 5) is 24.5. The lowest BCUT2D eigenvalue weighted by Crippen LogP contribution is -2.29. The SMILES string of the molecule is O=C(Nc1ccc(C(F)(F)F)cc1)C(=O)Nc1cn(-c2cn[nH]c2)c2cc(F)c(F)cc12. The Hall–Kier alpha value is -4.22. The maximum absolute atomic E-state index is 13.8. The smallest absolute Gasteiger partial charge is 0.318 e. The number of rotatable bonds is 3. The number of carbonyl (C=O) groups is 2. The fourth-order valence-electron chi connectivity index (χ4n) is 3.02. The van der Waals surface area contributed by atoms with Gasteiger partial charge in [-0.2, -0.15) is 18.3 Å². The van der Waals surface area contributed by atoms with Crippen molar-refractivity contribution in [1.82, 2.24) is 14.8 Å². The van der Waals surface area contributed by atoms with E-state index in [1.807, 2.05) is 0 Å². The average molecular weight is 449 g/mol. The summed E-state index contributed by atoms with van der Waals surface area (Å²) in [5.74, 6) is -4.61. The van der Waals surface area contributed by atoms with Gasteiger partial charge in [0, 0.05) is 29.5 Å². The van der Waals surface area contributed by atoms with Crippen LogP contribution in [0.2, 0.25) is 0 Å². The van der Waals surface area contributed by atoms with E-state index in [1.54, 1.807) is 0 Å². The van der Waals surface area contributed by atoms with E-state index in [1.165, 1.54) is 23.2 Å². The van der Waals surface area contributed by atoms with Crippen molar-refractivity contribution in [2.24, 2.45) is 0 Å². The number of fused-ring (bicyclic) bond motifs is 1. The number of H-pyrrole nitrogens is 1. The van der Waals surface area contributed by atoms with Gasteiger partial charge in [-0.15, -0.1) is 0 Å². The van der Waals surface area contributed by atoms with Crippen LogP contribution in [-0.4, -0.2) is 26.6 Å². The van der Waals surface area contributed by atoms with Crippen molar-refractivity contribution in [2.75, 3.05) is 10.6 Å². The van der Waals surface area contributed by atoms with E-state index in [9.17, 15) is 31.5 Å². The Morgan fingerprint density at radius 3 is 2.25 bits per heavy atom. The van der Waals surface area contributed by atoms with Crippen LogP contribution >= 0.6 is 0 Å². The molecule has 3 N–H and O–H groups in total. The maximum Gasteiger partial charge on any atom is 0.416 e. The lowest BCUT2D eigenvalue weighted by Gasteiger charge is -2.09. The summed E-state index contributed by atoms with van der Waals surface area (Å²) in [6.07, 6.45) is -0.317. The van der Waals surface area contributed by atoms with Gasteiger partial charge < -0.3 is 15.2 Å². The van der Waals surface area contributed by atoms with Crippen LogP contribution in [-0.2, 0) is 15.8 Å². The summed E-state index contributed by atoms with van der Waals surface area (Å²) in [6.45, 7) is 0. The fourth-order valence-corrected chi connectivity index (χ4v) is 3.02. The number of aromatic nitrogens is 3. The molecule has 0 unspecified atom stereocenters. The largest absolute Gasteiger partial charge is 0.416 e. The molecule has 0 saturated heterocycles. The average Bonchev–Trinajstić information content (AvgIpc) is 3.37. The van der Waals surface area contributed by atoms with Gasteiger partial charge in [-0.1, -0.05) is 0 Å². The molecule has 0 aliphatic heterocycles. The first-order chi connectivity index (χ1) is 15.1. The second kappa shape index (κ2) is 7.80. The van der Waals surface area contributed by atoms with Gasteiger partial charge in [0.2, 0.25) is 0 Å². The first-order valence-corrected chi connectivity index (χ1v) is 8.92. The van der Waals surface area contributed by atoms with Gasteiger partial charge in [0.1, 0.15) is 0 Å². The fraction of sp³-hybridized carbons (Fsp3) is 0.0500. The molecule has 0 saturated carbocycles. The summed E-state index contributed by atoms with van der Waals surface area (Å²) >= 11 is 0. The lowest BCUT2D eigenvalue weighted by atomic mass is 10.2. The van der Waals surface area contributed by atoms with E-state index < -0.39 is 35.2 Å². The van der Waals surface area contributed by atoms with E-state index in [0.29, 0.717) is 5.69 Å². The highest BCUT2D eigenvalue weighted by Gasteiger charge is 2.30. The van der Waals surface area contributed by atoms with Gasteiger partial charge in [0.15, 0.2) is 11.6 Å². The molecule has 0 radical (unpaired) electrons. The van der Waals surface area contributed by atoms with Crippen LogP contribution in [0, 0.1) is 11.6 Å². The zero-order valence-electron chi connectivity index (χ0n) is 15.8. The van der Waals surface area contributed by atoms with Gasteiger partial charge >= 0.3 is 18.0 Å². The molecule has 2 aromatic heterocycles. The minimum atomic E-state index is -4.54. The van der Waals surface area contributed by atoms with Crippen molar-refractivity contribution >= 4 is 34.1 Å². The molecule has 0 aliphatic carbocycles. The summed E-state index contributed by atoms with van der Waals surface area (Å²) in [6, 6.07) is 5.29. The molecule has 0 bridgehead atoms. The van der Waals surface area contributed by atoms with E-state index >= 15 is 0 Å². The summed E-state index contributed by atoms with van der Waals surface area (Å²) < 4.78 is 66.9. The standard InChI is InChI=1S/C20H12F5N5O2/c21-14-5-13-16(9-30(12-7-26-27-8-12)17(13)6-15(14)22)29-19(32)18(31)28-11-3-1-10(2-4-11)20(23,24)25/h1-9H,(H,26,27)(H,28,31)(H,29,32). The number of halogens is 5. The lowest BCUT2D eigenvalue weighted by molar-refractivity contribution is -0.137. The molecule has 2 amide bonds. The molecule has 2 aromatic carbocycles. The number of hydrogen-bond donors (Lipinski definition) is 3. The predicted octanol–water partition coefficient (Wildman–Crippen LogP) is 4.23. The van der Waals surface area contributed by atoms with Crippen LogP contribution in [0.25, 0.3) is 16.6 Å². The monoisotopic (exact) mass is 449 g/mol. The summed E-state index contributed by atoms with van der Waals surface area (Å²) in [5.41, 5.74) is -0.291. The molecule has 4 rings (SSSR count). The minimum absolute atomic E-state index is 0.00710. The number of anilines is 2. The number of nitrogens with one attached hydrogen (secondary N) is 3. The number of benzene rings is 2. The molecule has 4 aromatic rings. The Kier molecular flexibility index (Phi) is 5.12. The van der Waals surface area contributed by atoms with Crippen LogP contribution in [0.1, 0.15) is 5.56 Å². The maximum atomic E-state index is 13.8. The Labute approximate surface area is 175 Å². The number of alkyl halides is 3. The quantitative estimate of drug-likeness (QED) is 0.323. The molecule has 0 fully saturated rings. The van der Waals surface area contributed by atoms with Crippen molar-refractivity contribution in [1.29, 1.82) is 0 Å². The molecule has 164 valence electrons. The number of aromatic amines is 1. The Morgan fingerprint density at radius 2 is 1.62 bits per heavy atom. The zero-order chi connectivity index (χ0) is 23.0. The Bertz CT molecular complexity index is 1310. The minimum Gasteiger partial charge on any atom is -0.318 e. The molecular weight excluding hydrogens is 437 g/mol. The highest BCUT2D eigenvalue weighted by Crippen LogP contribution is 2.31. The normalized spacial score (nSPS) is 11.5. The number of nitrogens with zero attached hydrogens (tertiary/aromatic N) is 2. The summed E-state index contributed by atoms with van der Waals surface area (Å²) in [7, 11) is 0. The third-order valence-electron chi connectivity index (χ3n) is 4.53. The summed E-state index contributed by atoms with van der Waals surface area (Å²) in [5, 5.41) is 10.9. The van der Waals surface area contributed by atoms with Gasteiger partial charge in [0.25, 0.3) is 0 Å². The second-order valence-corrected chi connectivity index (χ2v) is 6.64. The number of hydrogen-bond acceptors (Lipinski definition) is 3. The van der Waals surface area contributed by atoms with E-state index in [4.69, 9.17) is 0 Å². The van der Waals surface area contributed by atoms with Crippen LogP contribution in [0.5, 0.6) is 0 Å².